The van der Waals surface area contributed by atoms with Crippen molar-refractivity contribution in [2.24, 2.45) is 0 Å². The van der Waals surface area contributed by atoms with E-state index in [4.69, 9.17) is 9.26 Å². The minimum Gasteiger partial charge on any atom is -0.375 e. The number of hydrogen-bond acceptors (Lipinski definition) is 5. The highest BCUT2D eigenvalue weighted by Gasteiger charge is 2.27. The summed E-state index contributed by atoms with van der Waals surface area (Å²) in [7, 11) is 1.53. The second-order valence-electron chi connectivity index (χ2n) is 4.29. The van der Waals surface area contributed by atoms with Gasteiger partial charge in [0.15, 0.2) is 5.82 Å². The van der Waals surface area contributed by atoms with Gasteiger partial charge in [0.05, 0.1) is 5.92 Å². The van der Waals surface area contributed by atoms with Gasteiger partial charge in [-0.3, -0.25) is 4.79 Å². The zero-order valence-corrected chi connectivity index (χ0v) is 10.2. The quantitative estimate of drug-likeness (QED) is 0.777. The Bertz CT molecular complexity index is 391. The number of likely N-dealkylation sites (tertiary alicyclic amines) is 1. The lowest BCUT2D eigenvalue weighted by Gasteiger charge is -2.30. The molecule has 1 aromatic rings. The molecule has 6 heteroatoms. The largest absolute Gasteiger partial charge is 0.375 e. The standard InChI is InChI=1S/C11H17N3O3/c1-8-12-11(17-13-8)9-4-3-5-14(6-9)10(15)7-16-2/h9H,3-7H2,1-2H3. The molecule has 94 valence electrons. The maximum Gasteiger partial charge on any atom is 0.248 e. The van der Waals surface area contributed by atoms with Crippen molar-refractivity contribution in [1.82, 2.24) is 15.0 Å². The highest BCUT2D eigenvalue weighted by atomic mass is 16.5. The summed E-state index contributed by atoms with van der Waals surface area (Å²) in [6.45, 7) is 3.36. The molecule has 1 aliphatic heterocycles. The van der Waals surface area contributed by atoms with E-state index in [0.717, 1.165) is 19.4 Å². The van der Waals surface area contributed by atoms with Gasteiger partial charge >= 0.3 is 0 Å². The Kier molecular flexibility index (Phi) is 3.73. The van der Waals surface area contributed by atoms with Crippen molar-refractivity contribution in [2.75, 3.05) is 26.8 Å². The van der Waals surface area contributed by atoms with E-state index in [-0.39, 0.29) is 18.4 Å². The smallest absolute Gasteiger partial charge is 0.248 e. The minimum atomic E-state index is 0.0217. The zero-order valence-electron chi connectivity index (χ0n) is 10.2. The van der Waals surface area contributed by atoms with E-state index in [0.29, 0.717) is 18.3 Å². The van der Waals surface area contributed by atoms with Gasteiger partial charge in [-0.05, 0) is 19.8 Å². The molecule has 0 radical (unpaired) electrons. The monoisotopic (exact) mass is 239 g/mol. The minimum absolute atomic E-state index is 0.0217. The number of rotatable bonds is 3. The predicted molar refractivity (Wildman–Crippen MR) is 59.5 cm³/mol. The Labute approximate surface area is 99.9 Å². The molecule has 0 N–H and O–H groups in total. The normalized spacial score (nSPS) is 20.6. The van der Waals surface area contributed by atoms with Gasteiger partial charge in [0, 0.05) is 20.2 Å². The maximum atomic E-state index is 11.7. The highest BCUT2D eigenvalue weighted by Crippen LogP contribution is 2.25. The number of methoxy groups -OCH3 is 1. The molecule has 0 saturated carbocycles. The summed E-state index contributed by atoms with van der Waals surface area (Å²) < 4.78 is 10.0. The molecule has 1 saturated heterocycles. The van der Waals surface area contributed by atoms with Gasteiger partial charge in [-0.25, -0.2) is 0 Å². The van der Waals surface area contributed by atoms with Crippen molar-refractivity contribution in [1.29, 1.82) is 0 Å². The van der Waals surface area contributed by atoms with Gasteiger partial charge in [-0.2, -0.15) is 4.98 Å². The molecule has 1 unspecified atom stereocenters. The molecule has 2 rings (SSSR count). The fraction of sp³-hybridized carbons (Fsp3) is 0.727. The highest BCUT2D eigenvalue weighted by molar-refractivity contribution is 5.77. The first-order chi connectivity index (χ1) is 8.20. The van der Waals surface area contributed by atoms with E-state index < -0.39 is 0 Å². The van der Waals surface area contributed by atoms with Crippen molar-refractivity contribution < 1.29 is 14.1 Å². The molecule has 0 aliphatic carbocycles. The van der Waals surface area contributed by atoms with Gasteiger partial charge in [0.25, 0.3) is 0 Å². The molecule has 17 heavy (non-hydrogen) atoms. The summed E-state index contributed by atoms with van der Waals surface area (Å²) in [5.41, 5.74) is 0. The van der Waals surface area contributed by atoms with Crippen molar-refractivity contribution in [3.8, 4) is 0 Å². The second-order valence-corrected chi connectivity index (χ2v) is 4.29. The van der Waals surface area contributed by atoms with Gasteiger partial charge < -0.3 is 14.2 Å². The number of aryl methyl sites for hydroxylation is 1. The van der Waals surface area contributed by atoms with Gasteiger partial charge in [0.1, 0.15) is 6.61 Å². The number of nitrogens with zero attached hydrogens (tertiary/aromatic N) is 3. The van der Waals surface area contributed by atoms with Gasteiger partial charge in [-0.1, -0.05) is 5.16 Å². The van der Waals surface area contributed by atoms with E-state index in [2.05, 4.69) is 10.1 Å². The van der Waals surface area contributed by atoms with Crippen LogP contribution in [-0.4, -0.2) is 47.8 Å². The molecule has 1 atom stereocenters. The van der Waals surface area contributed by atoms with Crippen LogP contribution in [0.25, 0.3) is 0 Å². The van der Waals surface area contributed by atoms with Crippen LogP contribution in [0.1, 0.15) is 30.5 Å². The van der Waals surface area contributed by atoms with Gasteiger partial charge in [0.2, 0.25) is 11.8 Å². The number of ether oxygens (including phenoxy) is 1. The second kappa shape index (κ2) is 5.27. The van der Waals surface area contributed by atoms with Crippen LogP contribution in [-0.2, 0) is 9.53 Å². The SMILES string of the molecule is COCC(=O)N1CCCC(c2nc(C)no2)C1. The molecule has 0 spiro atoms. The van der Waals surface area contributed by atoms with E-state index >= 15 is 0 Å². The van der Waals surface area contributed by atoms with Crippen LogP contribution >= 0.6 is 0 Å². The van der Waals surface area contributed by atoms with E-state index in [1.165, 1.54) is 7.11 Å². The van der Waals surface area contributed by atoms with Crippen LogP contribution in [0.15, 0.2) is 4.52 Å². The molecule has 1 amide bonds. The van der Waals surface area contributed by atoms with Crippen molar-refractivity contribution in [3.63, 3.8) is 0 Å². The summed E-state index contributed by atoms with van der Waals surface area (Å²) >= 11 is 0. The molecule has 2 heterocycles. The van der Waals surface area contributed by atoms with Crippen molar-refractivity contribution >= 4 is 5.91 Å². The Morgan fingerprint density at radius 2 is 2.47 bits per heavy atom. The lowest BCUT2D eigenvalue weighted by Crippen LogP contribution is -2.40. The number of carbonyl (C=O) groups is 1. The van der Waals surface area contributed by atoms with Gasteiger partial charge in [-0.15, -0.1) is 0 Å². The molecule has 1 aliphatic rings. The molecular formula is C11H17N3O3. The van der Waals surface area contributed by atoms with Crippen LogP contribution < -0.4 is 0 Å². The van der Waals surface area contributed by atoms with E-state index in [1.54, 1.807) is 11.8 Å². The van der Waals surface area contributed by atoms with Crippen molar-refractivity contribution in [2.45, 2.75) is 25.7 Å². The maximum absolute atomic E-state index is 11.7. The summed E-state index contributed by atoms with van der Waals surface area (Å²) in [6.07, 6.45) is 1.94. The zero-order chi connectivity index (χ0) is 12.3. The predicted octanol–water partition coefficient (Wildman–Crippen LogP) is 0.730. The summed E-state index contributed by atoms with van der Waals surface area (Å²) in [6, 6.07) is 0. The lowest BCUT2D eigenvalue weighted by molar-refractivity contribution is -0.136. The molecule has 1 aromatic heterocycles. The summed E-state index contributed by atoms with van der Waals surface area (Å²) in [4.78, 5) is 17.7. The van der Waals surface area contributed by atoms with E-state index in [9.17, 15) is 4.79 Å². The van der Waals surface area contributed by atoms with Crippen molar-refractivity contribution in [3.05, 3.63) is 11.7 Å². The number of piperidine rings is 1. The first-order valence-corrected chi connectivity index (χ1v) is 5.77. The first-order valence-electron chi connectivity index (χ1n) is 5.77. The number of aromatic nitrogens is 2. The Hall–Kier alpha value is -1.43. The number of carbonyl (C=O) groups excluding carboxylic acids is 1. The third-order valence-corrected chi connectivity index (χ3v) is 2.93. The molecular weight excluding hydrogens is 222 g/mol. The van der Waals surface area contributed by atoms with Crippen LogP contribution in [0, 0.1) is 6.92 Å². The Morgan fingerprint density at radius 3 is 3.12 bits per heavy atom. The molecule has 0 bridgehead atoms. The average Bonchev–Trinajstić information content (AvgIpc) is 2.76. The van der Waals surface area contributed by atoms with Crippen LogP contribution in [0.5, 0.6) is 0 Å². The topological polar surface area (TPSA) is 68.5 Å². The fourth-order valence-electron chi connectivity index (χ4n) is 2.10. The van der Waals surface area contributed by atoms with Crippen LogP contribution in [0.3, 0.4) is 0 Å². The fourth-order valence-corrected chi connectivity index (χ4v) is 2.10. The number of amides is 1. The lowest BCUT2D eigenvalue weighted by atomic mass is 9.98. The molecule has 1 fully saturated rings. The third-order valence-electron chi connectivity index (χ3n) is 2.93. The van der Waals surface area contributed by atoms with E-state index in [1.807, 2.05) is 0 Å². The molecule has 6 nitrogen and oxygen atoms in total. The Morgan fingerprint density at radius 1 is 1.65 bits per heavy atom. The average molecular weight is 239 g/mol. The van der Waals surface area contributed by atoms with Crippen LogP contribution in [0.2, 0.25) is 0 Å². The van der Waals surface area contributed by atoms with Crippen LogP contribution in [0.4, 0.5) is 0 Å². The third kappa shape index (κ3) is 2.82. The summed E-state index contributed by atoms with van der Waals surface area (Å²) in [5, 5.41) is 3.78. The molecule has 0 aromatic carbocycles. The first kappa shape index (κ1) is 12.0. The summed E-state index contributed by atoms with van der Waals surface area (Å²) in [5.74, 6) is 1.46. The number of hydrogen-bond donors (Lipinski definition) is 0. The Balaban J connectivity index is 1.99.